The van der Waals surface area contributed by atoms with E-state index in [-0.39, 0.29) is 11.7 Å². The number of halogens is 2. The topological polar surface area (TPSA) is 51.0 Å². The minimum atomic E-state index is -0.399. The first-order chi connectivity index (χ1) is 14.5. The van der Waals surface area contributed by atoms with Crippen molar-refractivity contribution in [2.75, 3.05) is 18.8 Å². The molecule has 1 saturated heterocycles. The van der Waals surface area contributed by atoms with Gasteiger partial charge in [-0.25, -0.2) is 4.39 Å². The number of para-hydroxylation sites is 1. The normalized spacial score (nSPS) is 14.8. The molecule has 30 heavy (non-hydrogen) atoms. The molecule has 5 nitrogen and oxygen atoms in total. The molecule has 2 aromatic carbocycles. The van der Waals surface area contributed by atoms with Gasteiger partial charge in [-0.15, -0.1) is 10.2 Å². The van der Waals surface area contributed by atoms with Gasteiger partial charge < -0.3 is 4.90 Å². The molecule has 0 unspecified atom stereocenters. The van der Waals surface area contributed by atoms with Crippen LogP contribution >= 0.6 is 23.4 Å². The van der Waals surface area contributed by atoms with E-state index in [1.54, 1.807) is 28.8 Å². The number of rotatable bonds is 5. The zero-order valence-corrected chi connectivity index (χ0v) is 18.2. The molecule has 0 bridgehead atoms. The predicted octanol–water partition coefficient (Wildman–Crippen LogP) is 5.08. The van der Waals surface area contributed by atoms with Crippen LogP contribution in [0.3, 0.4) is 0 Å². The standard InChI is InChI=1S/C22H22ClFN4OS/c1-15-10-12-27(13-11-15)20(29)14-30-22-26-25-21(16-6-2-3-7-17(16)23)28(22)19-9-5-4-8-18(19)24/h2-9,15H,10-14H2,1H3. The van der Waals surface area contributed by atoms with E-state index >= 15 is 0 Å². The zero-order chi connectivity index (χ0) is 21.1. The first kappa shape index (κ1) is 20.9. The second-order valence-corrected chi connectivity index (χ2v) is 8.77. The van der Waals surface area contributed by atoms with Crippen molar-refractivity contribution in [2.45, 2.75) is 24.9 Å². The summed E-state index contributed by atoms with van der Waals surface area (Å²) < 4.78 is 16.3. The van der Waals surface area contributed by atoms with Crippen LogP contribution in [0.5, 0.6) is 0 Å². The lowest BCUT2D eigenvalue weighted by Crippen LogP contribution is -2.38. The summed E-state index contributed by atoms with van der Waals surface area (Å²) in [6.07, 6.45) is 2.05. The molecule has 1 aliphatic rings. The van der Waals surface area contributed by atoms with Crippen LogP contribution in [0.1, 0.15) is 19.8 Å². The van der Waals surface area contributed by atoms with E-state index in [1.807, 2.05) is 23.1 Å². The van der Waals surface area contributed by atoms with E-state index in [1.165, 1.54) is 17.8 Å². The summed E-state index contributed by atoms with van der Waals surface area (Å²) in [5.41, 5.74) is 0.970. The Labute approximate surface area is 184 Å². The molecule has 0 radical (unpaired) electrons. The van der Waals surface area contributed by atoms with Crippen LogP contribution in [-0.2, 0) is 4.79 Å². The lowest BCUT2D eigenvalue weighted by Gasteiger charge is -2.30. The van der Waals surface area contributed by atoms with Crippen molar-refractivity contribution < 1.29 is 9.18 Å². The fourth-order valence-corrected chi connectivity index (χ4v) is 4.57. The second kappa shape index (κ2) is 9.18. The molecule has 1 amide bonds. The third-order valence-electron chi connectivity index (χ3n) is 5.30. The Morgan fingerprint density at radius 2 is 1.83 bits per heavy atom. The summed E-state index contributed by atoms with van der Waals surface area (Å²) in [4.78, 5) is 14.6. The van der Waals surface area contributed by atoms with Crippen LogP contribution < -0.4 is 0 Å². The van der Waals surface area contributed by atoms with Gasteiger partial charge in [0.15, 0.2) is 11.0 Å². The van der Waals surface area contributed by atoms with Gasteiger partial charge in [0.2, 0.25) is 5.91 Å². The van der Waals surface area contributed by atoms with Crippen LogP contribution in [0.2, 0.25) is 5.02 Å². The molecule has 2 heterocycles. The van der Waals surface area contributed by atoms with Gasteiger partial charge in [-0.3, -0.25) is 9.36 Å². The fourth-order valence-electron chi connectivity index (χ4n) is 3.51. The number of benzene rings is 2. The number of hydrogen-bond acceptors (Lipinski definition) is 4. The maximum Gasteiger partial charge on any atom is 0.233 e. The van der Waals surface area contributed by atoms with Gasteiger partial charge in [-0.05, 0) is 43.0 Å². The van der Waals surface area contributed by atoms with Crippen molar-refractivity contribution in [3.05, 3.63) is 59.4 Å². The molecular formula is C22H22ClFN4OS. The highest BCUT2D eigenvalue weighted by atomic mass is 35.5. The van der Waals surface area contributed by atoms with Gasteiger partial charge in [0.1, 0.15) is 5.82 Å². The van der Waals surface area contributed by atoms with Crippen molar-refractivity contribution in [3.8, 4) is 17.1 Å². The molecule has 8 heteroatoms. The average molecular weight is 445 g/mol. The Morgan fingerprint density at radius 3 is 2.57 bits per heavy atom. The third kappa shape index (κ3) is 4.37. The Kier molecular flexibility index (Phi) is 6.39. The Bertz CT molecular complexity index is 1050. The van der Waals surface area contributed by atoms with Gasteiger partial charge >= 0.3 is 0 Å². The Morgan fingerprint density at radius 1 is 1.13 bits per heavy atom. The number of likely N-dealkylation sites (tertiary alicyclic amines) is 1. The number of carbonyl (C=O) groups is 1. The molecule has 1 aromatic heterocycles. The highest BCUT2D eigenvalue weighted by molar-refractivity contribution is 7.99. The van der Waals surface area contributed by atoms with Gasteiger partial charge in [0.05, 0.1) is 16.5 Å². The number of nitrogens with zero attached hydrogens (tertiary/aromatic N) is 4. The maximum atomic E-state index is 14.7. The number of carbonyl (C=O) groups excluding carboxylic acids is 1. The number of aromatic nitrogens is 3. The molecule has 0 aliphatic carbocycles. The van der Waals surface area contributed by atoms with Crippen LogP contribution in [0.25, 0.3) is 17.1 Å². The molecule has 4 rings (SSSR count). The van der Waals surface area contributed by atoms with Crippen molar-refractivity contribution in [3.63, 3.8) is 0 Å². The molecule has 0 atom stereocenters. The van der Waals surface area contributed by atoms with Crippen LogP contribution in [0.15, 0.2) is 53.7 Å². The predicted molar refractivity (Wildman–Crippen MR) is 117 cm³/mol. The summed E-state index contributed by atoms with van der Waals surface area (Å²) in [6.45, 7) is 3.78. The first-order valence-electron chi connectivity index (χ1n) is 9.90. The molecule has 1 fully saturated rings. The molecule has 0 saturated carbocycles. The van der Waals surface area contributed by atoms with E-state index in [4.69, 9.17) is 11.6 Å². The number of thioether (sulfide) groups is 1. The van der Waals surface area contributed by atoms with Crippen LogP contribution in [0, 0.1) is 11.7 Å². The molecule has 0 N–H and O–H groups in total. The van der Waals surface area contributed by atoms with Crippen molar-refractivity contribution >= 4 is 29.3 Å². The summed E-state index contributed by atoms with van der Waals surface area (Å²) >= 11 is 7.63. The van der Waals surface area contributed by atoms with E-state index in [0.29, 0.717) is 33.2 Å². The summed E-state index contributed by atoms with van der Waals surface area (Å²) in [7, 11) is 0. The largest absolute Gasteiger partial charge is 0.342 e. The smallest absolute Gasteiger partial charge is 0.233 e. The number of piperidine rings is 1. The highest BCUT2D eigenvalue weighted by Gasteiger charge is 2.23. The number of amides is 1. The number of hydrogen-bond donors (Lipinski definition) is 0. The minimum Gasteiger partial charge on any atom is -0.342 e. The van der Waals surface area contributed by atoms with Crippen LogP contribution in [0.4, 0.5) is 4.39 Å². The van der Waals surface area contributed by atoms with Crippen molar-refractivity contribution in [1.82, 2.24) is 19.7 Å². The Hall–Kier alpha value is -2.38. The first-order valence-corrected chi connectivity index (χ1v) is 11.3. The Balaban J connectivity index is 1.64. The monoisotopic (exact) mass is 444 g/mol. The third-order valence-corrected chi connectivity index (χ3v) is 6.55. The van der Waals surface area contributed by atoms with Crippen LogP contribution in [-0.4, -0.2) is 44.4 Å². The van der Waals surface area contributed by atoms with E-state index in [0.717, 1.165) is 25.9 Å². The fraction of sp³-hybridized carbons (Fsp3) is 0.318. The van der Waals surface area contributed by atoms with Crippen molar-refractivity contribution in [1.29, 1.82) is 0 Å². The lowest BCUT2D eigenvalue weighted by atomic mass is 9.99. The van der Waals surface area contributed by atoms with Crippen molar-refractivity contribution in [2.24, 2.45) is 5.92 Å². The molecule has 0 spiro atoms. The summed E-state index contributed by atoms with van der Waals surface area (Å²) in [5, 5.41) is 9.49. The van der Waals surface area contributed by atoms with E-state index in [2.05, 4.69) is 17.1 Å². The van der Waals surface area contributed by atoms with Gasteiger partial charge in [0.25, 0.3) is 0 Å². The second-order valence-electron chi connectivity index (χ2n) is 7.42. The SMILES string of the molecule is CC1CCN(C(=O)CSc2nnc(-c3ccccc3Cl)n2-c2ccccc2F)CC1. The zero-order valence-electron chi connectivity index (χ0n) is 16.6. The average Bonchev–Trinajstić information content (AvgIpc) is 3.16. The lowest BCUT2D eigenvalue weighted by molar-refractivity contribution is -0.129. The molecule has 1 aliphatic heterocycles. The van der Waals surface area contributed by atoms with E-state index < -0.39 is 5.82 Å². The van der Waals surface area contributed by atoms with Gasteiger partial charge in [0, 0.05) is 18.7 Å². The van der Waals surface area contributed by atoms with Gasteiger partial charge in [-0.2, -0.15) is 0 Å². The molecular weight excluding hydrogens is 423 g/mol. The quantitative estimate of drug-likeness (QED) is 0.515. The summed E-state index contributed by atoms with van der Waals surface area (Å²) in [6, 6.07) is 13.7. The minimum absolute atomic E-state index is 0.0641. The van der Waals surface area contributed by atoms with E-state index in [9.17, 15) is 9.18 Å². The summed E-state index contributed by atoms with van der Waals surface area (Å²) in [5.74, 6) is 0.985. The van der Waals surface area contributed by atoms with Gasteiger partial charge in [-0.1, -0.05) is 54.6 Å². The maximum absolute atomic E-state index is 14.7. The molecule has 156 valence electrons. The molecule has 3 aromatic rings. The highest BCUT2D eigenvalue weighted by Crippen LogP contribution is 2.32.